The highest BCUT2D eigenvalue weighted by Gasteiger charge is 2.36. The number of likely N-dealkylation sites (tertiary alicyclic amines) is 1. The molecule has 1 aliphatic heterocycles. The highest BCUT2D eigenvalue weighted by molar-refractivity contribution is 6.01. The van der Waals surface area contributed by atoms with Crippen LogP contribution in [-0.4, -0.2) is 47.0 Å². The van der Waals surface area contributed by atoms with E-state index in [1.807, 2.05) is 0 Å². The number of amides is 1. The Balaban J connectivity index is 2.20. The fraction of sp³-hybridized carbons (Fsp3) is 0.385. The number of hydrogen-bond acceptors (Lipinski definition) is 5. The van der Waals surface area contributed by atoms with Crippen LogP contribution in [0.5, 0.6) is 5.75 Å². The van der Waals surface area contributed by atoms with Crippen molar-refractivity contribution in [3.63, 3.8) is 0 Å². The minimum Gasteiger partial charge on any atom is -0.496 e. The summed E-state index contributed by atoms with van der Waals surface area (Å²) in [5.74, 6) is -1.41. The number of rotatable bonds is 5. The third-order valence-corrected chi connectivity index (χ3v) is 3.34. The summed E-state index contributed by atoms with van der Waals surface area (Å²) in [6, 6.07) is 4.16. The van der Waals surface area contributed by atoms with Gasteiger partial charge in [-0.15, -0.1) is 0 Å². The first-order valence-corrected chi connectivity index (χ1v) is 6.26. The molecule has 0 saturated carbocycles. The molecular weight excluding hydrogens is 280 g/mol. The number of nitrogens with zero attached hydrogens (tertiary/aromatic N) is 2. The number of carboxylic acid groups (broad SMARTS) is 1. The van der Waals surface area contributed by atoms with Crippen LogP contribution < -0.4 is 4.74 Å². The van der Waals surface area contributed by atoms with Gasteiger partial charge in [0.2, 0.25) is 0 Å². The smallest absolute Gasteiger partial charge is 0.303 e. The lowest BCUT2D eigenvalue weighted by Gasteiger charge is -2.38. The molecule has 0 radical (unpaired) electrons. The standard InChI is InChI=1S/C13H14N2O6/c1-21-10-4-2-3-9(15(19)20)12(10)13(18)14-6-8(7-14)5-11(16)17/h2-4,8H,5-7H2,1H3,(H,16,17). The second-order valence-electron chi connectivity index (χ2n) is 4.79. The fourth-order valence-corrected chi connectivity index (χ4v) is 2.33. The lowest BCUT2D eigenvalue weighted by Crippen LogP contribution is -2.50. The average molecular weight is 294 g/mol. The van der Waals surface area contributed by atoms with E-state index in [2.05, 4.69) is 0 Å². The Labute approximate surface area is 120 Å². The zero-order valence-corrected chi connectivity index (χ0v) is 11.3. The van der Waals surface area contributed by atoms with Gasteiger partial charge in [-0.25, -0.2) is 0 Å². The summed E-state index contributed by atoms with van der Waals surface area (Å²) < 4.78 is 5.02. The maximum Gasteiger partial charge on any atom is 0.303 e. The molecular formula is C13H14N2O6. The summed E-state index contributed by atoms with van der Waals surface area (Å²) in [7, 11) is 1.33. The molecule has 0 atom stereocenters. The van der Waals surface area contributed by atoms with E-state index in [1.165, 1.54) is 30.2 Å². The van der Waals surface area contributed by atoms with Crippen LogP contribution in [0.15, 0.2) is 18.2 Å². The molecule has 1 saturated heterocycles. The zero-order chi connectivity index (χ0) is 15.6. The van der Waals surface area contributed by atoms with Crippen molar-refractivity contribution >= 4 is 17.6 Å². The van der Waals surface area contributed by atoms with Crippen LogP contribution in [0.1, 0.15) is 16.8 Å². The van der Waals surface area contributed by atoms with Crippen molar-refractivity contribution in [1.82, 2.24) is 4.90 Å². The van der Waals surface area contributed by atoms with Crippen molar-refractivity contribution < 1.29 is 24.4 Å². The molecule has 1 amide bonds. The maximum atomic E-state index is 12.4. The molecule has 1 aliphatic rings. The van der Waals surface area contributed by atoms with E-state index in [1.54, 1.807) is 0 Å². The van der Waals surface area contributed by atoms with Gasteiger partial charge in [-0.1, -0.05) is 6.07 Å². The van der Waals surface area contributed by atoms with Crippen LogP contribution in [0, 0.1) is 16.0 Å². The predicted molar refractivity (Wildman–Crippen MR) is 71.3 cm³/mol. The highest BCUT2D eigenvalue weighted by atomic mass is 16.6. The molecule has 1 N–H and O–H groups in total. The van der Waals surface area contributed by atoms with E-state index >= 15 is 0 Å². The largest absolute Gasteiger partial charge is 0.496 e. The summed E-state index contributed by atoms with van der Waals surface area (Å²) >= 11 is 0. The highest BCUT2D eigenvalue weighted by Crippen LogP contribution is 2.32. The van der Waals surface area contributed by atoms with Crippen molar-refractivity contribution in [3.8, 4) is 5.75 Å². The van der Waals surface area contributed by atoms with E-state index < -0.39 is 16.8 Å². The second kappa shape index (κ2) is 5.78. The lowest BCUT2D eigenvalue weighted by atomic mass is 9.95. The van der Waals surface area contributed by atoms with Gasteiger partial charge in [0.05, 0.1) is 18.5 Å². The predicted octanol–water partition coefficient (Wildman–Crippen LogP) is 1.15. The molecule has 2 rings (SSSR count). The number of aliphatic carboxylic acids is 1. The topological polar surface area (TPSA) is 110 Å². The fourth-order valence-electron chi connectivity index (χ4n) is 2.33. The van der Waals surface area contributed by atoms with Crippen molar-refractivity contribution in [2.45, 2.75) is 6.42 Å². The Kier molecular flexibility index (Phi) is 4.06. The van der Waals surface area contributed by atoms with Crippen molar-refractivity contribution in [2.24, 2.45) is 5.92 Å². The van der Waals surface area contributed by atoms with Gasteiger partial charge in [-0.3, -0.25) is 19.7 Å². The van der Waals surface area contributed by atoms with Gasteiger partial charge in [-0.2, -0.15) is 0 Å². The molecule has 0 aliphatic carbocycles. The number of carboxylic acids is 1. The molecule has 0 bridgehead atoms. The number of nitro benzene ring substituents is 1. The van der Waals surface area contributed by atoms with Crippen molar-refractivity contribution in [3.05, 3.63) is 33.9 Å². The Bertz CT molecular complexity index is 594. The molecule has 112 valence electrons. The van der Waals surface area contributed by atoms with Gasteiger partial charge in [0.1, 0.15) is 5.75 Å². The number of carbonyl (C=O) groups excluding carboxylic acids is 1. The number of methoxy groups -OCH3 is 1. The third kappa shape index (κ3) is 2.93. The number of hydrogen-bond donors (Lipinski definition) is 1. The normalized spacial score (nSPS) is 14.4. The van der Waals surface area contributed by atoms with Crippen LogP contribution in [-0.2, 0) is 4.79 Å². The van der Waals surface area contributed by atoms with Crippen LogP contribution >= 0.6 is 0 Å². The maximum absolute atomic E-state index is 12.4. The molecule has 1 heterocycles. The van der Waals surface area contributed by atoms with E-state index in [9.17, 15) is 19.7 Å². The van der Waals surface area contributed by atoms with Crippen LogP contribution in [0.4, 0.5) is 5.69 Å². The minimum absolute atomic E-state index is 0.0161. The summed E-state index contributed by atoms with van der Waals surface area (Å²) in [5.41, 5.74) is -0.417. The minimum atomic E-state index is -0.921. The van der Waals surface area contributed by atoms with E-state index in [4.69, 9.17) is 9.84 Å². The third-order valence-electron chi connectivity index (χ3n) is 3.34. The van der Waals surface area contributed by atoms with Gasteiger partial charge in [0.15, 0.2) is 5.56 Å². The van der Waals surface area contributed by atoms with Gasteiger partial charge in [0.25, 0.3) is 11.6 Å². The average Bonchev–Trinajstić information content (AvgIpc) is 2.40. The van der Waals surface area contributed by atoms with Gasteiger partial charge in [-0.05, 0) is 6.07 Å². The summed E-state index contributed by atoms with van der Waals surface area (Å²) in [5, 5.41) is 19.7. The molecule has 0 unspecified atom stereocenters. The Morgan fingerprint density at radius 3 is 2.67 bits per heavy atom. The first-order valence-electron chi connectivity index (χ1n) is 6.26. The molecule has 8 heteroatoms. The van der Waals surface area contributed by atoms with Gasteiger partial charge >= 0.3 is 5.97 Å². The van der Waals surface area contributed by atoms with Crippen molar-refractivity contribution in [1.29, 1.82) is 0 Å². The Morgan fingerprint density at radius 2 is 2.14 bits per heavy atom. The first kappa shape index (κ1) is 14.8. The quantitative estimate of drug-likeness (QED) is 0.644. The van der Waals surface area contributed by atoms with Crippen molar-refractivity contribution in [2.75, 3.05) is 20.2 Å². The molecule has 0 aromatic heterocycles. The van der Waals surface area contributed by atoms with E-state index in [-0.39, 0.29) is 42.4 Å². The summed E-state index contributed by atoms with van der Waals surface area (Å²) in [6.45, 7) is 0.556. The zero-order valence-electron chi connectivity index (χ0n) is 11.3. The number of ether oxygens (including phenoxy) is 1. The second-order valence-corrected chi connectivity index (χ2v) is 4.79. The van der Waals surface area contributed by atoms with E-state index in [0.717, 1.165) is 0 Å². The number of benzene rings is 1. The molecule has 21 heavy (non-hydrogen) atoms. The monoisotopic (exact) mass is 294 g/mol. The van der Waals surface area contributed by atoms with Gasteiger partial charge in [0, 0.05) is 25.1 Å². The van der Waals surface area contributed by atoms with Crippen LogP contribution in [0.3, 0.4) is 0 Å². The molecule has 8 nitrogen and oxygen atoms in total. The number of carbonyl (C=O) groups is 2. The lowest BCUT2D eigenvalue weighted by molar-refractivity contribution is -0.385. The van der Waals surface area contributed by atoms with Crippen LogP contribution in [0.25, 0.3) is 0 Å². The Morgan fingerprint density at radius 1 is 1.48 bits per heavy atom. The Hall–Kier alpha value is -2.64. The van der Waals surface area contributed by atoms with Gasteiger partial charge < -0.3 is 14.7 Å². The van der Waals surface area contributed by atoms with E-state index in [0.29, 0.717) is 0 Å². The summed E-state index contributed by atoms with van der Waals surface area (Å²) in [4.78, 5) is 34.7. The van der Waals surface area contributed by atoms with Crippen LogP contribution in [0.2, 0.25) is 0 Å². The molecule has 1 aromatic rings. The molecule has 0 spiro atoms. The molecule has 1 fully saturated rings. The SMILES string of the molecule is COc1cccc([N+](=O)[O-])c1C(=O)N1CC(CC(=O)O)C1. The first-order chi connectivity index (χ1) is 9.93. The summed E-state index contributed by atoms with van der Waals surface area (Å²) in [6.07, 6.45) is -0.0161. The number of nitro groups is 1. The molecule has 1 aromatic carbocycles.